The molecule has 0 aliphatic carbocycles. The average molecular weight is 404 g/mol. The number of amides is 1. The standard InChI is InChI=1S/C19H20N2O6S/c1-21(2)28(24,25)17-11-13(8-9-15(17)26-3)20-18(22)16-10-12-6-4-5-7-14(12)19(23)27-16/h4-9,11,16H,10H2,1-3H3,(H,20,22)/t16-/m1/s1. The second-order valence-corrected chi connectivity index (χ2v) is 8.52. The zero-order valence-corrected chi connectivity index (χ0v) is 16.4. The average Bonchev–Trinajstić information content (AvgIpc) is 2.67. The SMILES string of the molecule is COc1ccc(NC(=O)[C@H]2Cc3ccccc3C(=O)O2)cc1S(=O)(=O)N(C)C. The van der Waals surface area contributed by atoms with Gasteiger partial charge in [-0.15, -0.1) is 0 Å². The van der Waals surface area contributed by atoms with Gasteiger partial charge in [-0.05, 0) is 29.8 Å². The van der Waals surface area contributed by atoms with Crippen molar-refractivity contribution >= 4 is 27.6 Å². The molecule has 0 fully saturated rings. The maximum atomic E-state index is 12.6. The first-order chi connectivity index (χ1) is 13.2. The molecule has 8 nitrogen and oxygen atoms in total. The number of nitrogens with one attached hydrogen (secondary N) is 1. The Balaban J connectivity index is 1.85. The van der Waals surface area contributed by atoms with Crippen LogP contribution in [0.1, 0.15) is 15.9 Å². The van der Waals surface area contributed by atoms with Crippen LogP contribution in [0.3, 0.4) is 0 Å². The van der Waals surface area contributed by atoms with Crippen molar-refractivity contribution in [3.63, 3.8) is 0 Å². The van der Waals surface area contributed by atoms with E-state index in [1.165, 1.54) is 39.4 Å². The van der Waals surface area contributed by atoms with E-state index in [4.69, 9.17) is 9.47 Å². The predicted octanol–water partition coefficient (Wildman–Crippen LogP) is 1.67. The minimum Gasteiger partial charge on any atom is -0.495 e. The zero-order valence-electron chi connectivity index (χ0n) is 15.6. The van der Waals surface area contributed by atoms with Gasteiger partial charge >= 0.3 is 5.97 Å². The number of fused-ring (bicyclic) bond motifs is 1. The number of rotatable bonds is 5. The zero-order chi connectivity index (χ0) is 20.5. The summed E-state index contributed by atoms with van der Waals surface area (Å²) < 4.78 is 36.4. The van der Waals surface area contributed by atoms with Crippen LogP contribution >= 0.6 is 0 Å². The van der Waals surface area contributed by atoms with E-state index in [1.54, 1.807) is 24.3 Å². The molecule has 28 heavy (non-hydrogen) atoms. The first-order valence-electron chi connectivity index (χ1n) is 8.44. The molecule has 9 heteroatoms. The van der Waals surface area contributed by atoms with E-state index >= 15 is 0 Å². The number of anilines is 1. The summed E-state index contributed by atoms with van der Waals surface area (Å²) >= 11 is 0. The summed E-state index contributed by atoms with van der Waals surface area (Å²) in [6, 6.07) is 11.2. The van der Waals surface area contributed by atoms with Crippen LogP contribution in [0, 0.1) is 0 Å². The van der Waals surface area contributed by atoms with Crippen LogP contribution in [0.25, 0.3) is 0 Å². The normalized spacial score (nSPS) is 16.3. The van der Waals surface area contributed by atoms with Crippen LogP contribution in [0.15, 0.2) is 47.4 Å². The number of hydrogen-bond donors (Lipinski definition) is 1. The first-order valence-corrected chi connectivity index (χ1v) is 9.88. The largest absolute Gasteiger partial charge is 0.495 e. The molecule has 1 amide bonds. The summed E-state index contributed by atoms with van der Waals surface area (Å²) in [5.74, 6) is -0.946. The van der Waals surface area contributed by atoms with Crippen molar-refractivity contribution in [1.82, 2.24) is 4.31 Å². The van der Waals surface area contributed by atoms with Gasteiger partial charge in [0, 0.05) is 26.2 Å². The Morgan fingerprint density at radius 3 is 2.61 bits per heavy atom. The molecule has 148 valence electrons. The summed E-state index contributed by atoms with van der Waals surface area (Å²) in [6.45, 7) is 0. The highest BCUT2D eigenvalue weighted by atomic mass is 32.2. The highest BCUT2D eigenvalue weighted by Crippen LogP contribution is 2.29. The van der Waals surface area contributed by atoms with E-state index < -0.39 is 28.0 Å². The Morgan fingerprint density at radius 1 is 1.21 bits per heavy atom. The minimum atomic E-state index is -3.78. The number of cyclic esters (lactones) is 1. The summed E-state index contributed by atoms with van der Waals surface area (Å²) in [5.41, 5.74) is 1.42. The second-order valence-electron chi connectivity index (χ2n) is 6.40. The molecule has 3 rings (SSSR count). The van der Waals surface area contributed by atoms with Gasteiger partial charge in [0.2, 0.25) is 10.0 Å². The molecule has 0 aromatic heterocycles. The predicted molar refractivity (Wildman–Crippen MR) is 102 cm³/mol. The molecule has 1 aliphatic rings. The number of ether oxygens (including phenoxy) is 2. The molecule has 0 radical (unpaired) electrons. The Kier molecular flexibility index (Phi) is 5.39. The van der Waals surface area contributed by atoms with Crippen LogP contribution in [0.5, 0.6) is 5.75 Å². The van der Waals surface area contributed by atoms with E-state index in [1.807, 2.05) is 0 Å². The third-order valence-corrected chi connectivity index (χ3v) is 6.21. The maximum absolute atomic E-state index is 12.6. The lowest BCUT2D eigenvalue weighted by Crippen LogP contribution is -2.38. The maximum Gasteiger partial charge on any atom is 0.339 e. The number of carbonyl (C=O) groups excluding carboxylic acids is 2. The molecule has 0 spiro atoms. The lowest BCUT2D eigenvalue weighted by molar-refractivity contribution is -0.125. The summed E-state index contributed by atoms with van der Waals surface area (Å²) in [4.78, 5) is 24.6. The van der Waals surface area contributed by atoms with Crippen LogP contribution in [-0.2, 0) is 26.0 Å². The Bertz CT molecular complexity index is 1030. The Hall–Kier alpha value is -2.91. The van der Waals surface area contributed by atoms with Crippen LogP contribution < -0.4 is 10.1 Å². The van der Waals surface area contributed by atoms with Crippen molar-refractivity contribution in [2.24, 2.45) is 0 Å². The third-order valence-electron chi connectivity index (χ3n) is 4.37. The van der Waals surface area contributed by atoms with Crippen LogP contribution in [0.2, 0.25) is 0 Å². The van der Waals surface area contributed by atoms with E-state index in [0.717, 1.165) is 9.87 Å². The molecule has 0 unspecified atom stereocenters. The van der Waals surface area contributed by atoms with Gasteiger partial charge in [0.05, 0.1) is 12.7 Å². The molecule has 0 bridgehead atoms. The third kappa shape index (κ3) is 3.71. The molecule has 2 aromatic carbocycles. The van der Waals surface area contributed by atoms with Crippen molar-refractivity contribution in [3.8, 4) is 5.75 Å². The number of benzene rings is 2. The van der Waals surface area contributed by atoms with E-state index in [9.17, 15) is 18.0 Å². The first kappa shape index (κ1) is 19.8. The quantitative estimate of drug-likeness (QED) is 0.761. The minimum absolute atomic E-state index is 0.0798. The number of carbonyl (C=O) groups is 2. The summed E-state index contributed by atoms with van der Waals surface area (Å²) in [6.07, 6.45) is -0.759. The summed E-state index contributed by atoms with van der Waals surface area (Å²) in [7, 11) is 0.386. The molecule has 1 N–H and O–H groups in total. The molecule has 0 saturated carbocycles. The number of esters is 1. The fourth-order valence-corrected chi connectivity index (χ4v) is 3.93. The van der Waals surface area contributed by atoms with E-state index in [-0.39, 0.29) is 22.8 Å². The van der Waals surface area contributed by atoms with Crippen molar-refractivity contribution in [2.75, 3.05) is 26.5 Å². The van der Waals surface area contributed by atoms with Crippen molar-refractivity contribution in [2.45, 2.75) is 17.4 Å². The highest BCUT2D eigenvalue weighted by Gasteiger charge is 2.31. The van der Waals surface area contributed by atoms with Gasteiger partial charge in [-0.25, -0.2) is 17.5 Å². The number of hydrogen-bond acceptors (Lipinski definition) is 6. The second kappa shape index (κ2) is 7.61. The Morgan fingerprint density at radius 2 is 1.93 bits per heavy atom. The van der Waals surface area contributed by atoms with Crippen LogP contribution in [-0.4, -0.2) is 51.9 Å². The van der Waals surface area contributed by atoms with Gasteiger partial charge in [-0.2, -0.15) is 0 Å². The molecular formula is C19H20N2O6S. The van der Waals surface area contributed by atoms with E-state index in [2.05, 4.69) is 5.32 Å². The monoisotopic (exact) mass is 404 g/mol. The molecule has 1 heterocycles. The van der Waals surface area contributed by atoms with Gasteiger partial charge in [0.15, 0.2) is 6.10 Å². The van der Waals surface area contributed by atoms with Gasteiger partial charge in [-0.1, -0.05) is 18.2 Å². The van der Waals surface area contributed by atoms with Gasteiger partial charge in [0.25, 0.3) is 5.91 Å². The van der Waals surface area contributed by atoms with Gasteiger partial charge in [0.1, 0.15) is 10.6 Å². The molecule has 1 atom stereocenters. The van der Waals surface area contributed by atoms with Crippen molar-refractivity contribution in [3.05, 3.63) is 53.6 Å². The van der Waals surface area contributed by atoms with Crippen LogP contribution in [0.4, 0.5) is 5.69 Å². The summed E-state index contributed by atoms with van der Waals surface area (Å²) in [5, 5.41) is 2.61. The molecule has 1 aliphatic heterocycles. The number of sulfonamides is 1. The molecule has 2 aromatic rings. The van der Waals surface area contributed by atoms with Crippen molar-refractivity contribution in [1.29, 1.82) is 0 Å². The van der Waals surface area contributed by atoms with Crippen molar-refractivity contribution < 1.29 is 27.5 Å². The fourth-order valence-electron chi connectivity index (χ4n) is 2.85. The lowest BCUT2D eigenvalue weighted by Gasteiger charge is -2.24. The Labute approximate surface area is 163 Å². The topological polar surface area (TPSA) is 102 Å². The molecular weight excluding hydrogens is 384 g/mol. The lowest BCUT2D eigenvalue weighted by atomic mass is 9.98. The fraction of sp³-hybridized carbons (Fsp3) is 0.263. The number of methoxy groups -OCH3 is 1. The number of nitrogens with zero attached hydrogens (tertiary/aromatic N) is 1. The highest BCUT2D eigenvalue weighted by molar-refractivity contribution is 7.89. The van der Waals surface area contributed by atoms with Gasteiger partial charge in [-0.3, -0.25) is 4.79 Å². The smallest absolute Gasteiger partial charge is 0.339 e. The van der Waals surface area contributed by atoms with E-state index in [0.29, 0.717) is 5.56 Å². The van der Waals surface area contributed by atoms with Gasteiger partial charge < -0.3 is 14.8 Å². The molecule has 0 saturated heterocycles.